The number of aliphatic hydroxyl groups is 2. The minimum atomic E-state index is -2.78. The van der Waals surface area contributed by atoms with Crippen molar-refractivity contribution >= 4 is 28.2 Å². The summed E-state index contributed by atoms with van der Waals surface area (Å²) in [5.41, 5.74) is 8.45. The summed E-state index contributed by atoms with van der Waals surface area (Å²) in [4.78, 5) is 38.0. The molecule has 2 aliphatic carbocycles. The van der Waals surface area contributed by atoms with Crippen LogP contribution in [0.25, 0.3) is 16.5 Å². The van der Waals surface area contributed by atoms with Crippen LogP contribution in [0.1, 0.15) is 41.4 Å². The summed E-state index contributed by atoms with van der Waals surface area (Å²) in [6.07, 6.45) is 1.48. The molecule has 0 radical (unpaired) electrons. The van der Waals surface area contributed by atoms with Gasteiger partial charge in [0.1, 0.15) is 22.8 Å². The molecule has 3 atom stereocenters. The Morgan fingerprint density at radius 3 is 2.53 bits per heavy atom. The first kappa shape index (κ1) is 23.5. The number of aliphatic hydroxyl groups excluding tert-OH is 1. The fourth-order valence-electron chi connectivity index (χ4n) is 5.10. The van der Waals surface area contributed by atoms with E-state index in [0.717, 1.165) is 0 Å². The van der Waals surface area contributed by atoms with Crippen molar-refractivity contribution in [3.63, 3.8) is 0 Å². The number of rotatable bonds is 3. The molecule has 0 fully saturated rings. The molecule has 0 bridgehead atoms. The topological polar surface area (TPSA) is 215 Å². The third-order valence-corrected chi connectivity index (χ3v) is 7.04. The Hall–Kier alpha value is -4.29. The summed E-state index contributed by atoms with van der Waals surface area (Å²) in [7, 11) is 0. The zero-order valence-electron chi connectivity index (χ0n) is 19.3. The standard InChI is InChI=1S/C24H23N5O7/c1-8(2)12-7-29(28-27-12)13-3-4-14(30)16-10(13)5-9-6-11-18(25)20(32)17(23(26)35)22(34)24(11,36)21(33)15(9)19(16)31/h3-5,7-8,11,18,30-31,34,36H,6,25H2,1-2H3,(H2,26,35)/t11-,18+,24-/m0/s1. The number of primary amides is 1. The van der Waals surface area contributed by atoms with Gasteiger partial charge in [0, 0.05) is 11.3 Å². The molecular formula is C24H23N5O7. The van der Waals surface area contributed by atoms with Crippen molar-refractivity contribution in [2.24, 2.45) is 17.4 Å². The van der Waals surface area contributed by atoms with Crippen LogP contribution in [0.3, 0.4) is 0 Å². The number of ketones is 2. The van der Waals surface area contributed by atoms with Gasteiger partial charge in [-0.05, 0) is 36.1 Å². The summed E-state index contributed by atoms with van der Waals surface area (Å²) < 4.78 is 1.47. The largest absolute Gasteiger partial charge is 0.508 e. The Kier molecular flexibility index (Phi) is 4.95. The number of phenols is 2. The van der Waals surface area contributed by atoms with E-state index in [4.69, 9.17) is 11.5 Å². The molecule has 0 aliphatic heterocycles. The average molecular weight is 493 g/mol. The lowest BCUT2D eigenvalue weighted by atomic mass is 9.62. The van der Waals surface area contributed by atoms with Crippen molar-refractivity contribution in [3.05, 3.63) is 52.5 Å². The van der Waals surface area contributed by atoms with Gasteiger partial charge in [-0.3, -0.25) is 14.4 Å². The molecule has 12 heteroatoms. The number of amides is 1. The van der Waals surface area contributed by atoms with E-state index in [1.807, 2.05) is 13.8 Å². The first-order chi connectivity index (χ1) is 16.9. The molecule has 0 unspecified atom stereocenters. The number of benzene rings is 2. The Morgan fingerprint density at radius 2 is 1.92 bits per heavy atom. The molecule has 12 nitrogen and oxygen atoms in total. The quantitative estimate of drug-likeness (QED) is 0.273. The highest BCUT2D eigenvalue weighted by Crippen LogP contribution is 2.49. The van der Waals surface area contributed by atoms with Gasteiger partial charge >= 0.3 is 0 Å². The minimum absolute atomic E-state index is 0.0925. The highest BCUT2D eigenvalue weighted by molar-refractivity contribution is 6.25. The Labute approximate surface area is 203 Å². The van der Waals surface area contributed by atoms with E-state index in [0.29, 0.717) is 16.8 Å². The van der Waals surface area contributed by atoms with E-state index >= 15 is 0 Å². The van der Waals surface area contributed by atoms with Crippen LogP contribution in [0.5, 0.6) is 11.5 Å². The molecule has 186 valence electrons. The number of hydrogen-bond acceptors (Lipinski definition) is 10. The number of hydrogen-bond donors (Lipinski definition) is 6. The summed E-state index contributed by atoms with van der Waals surface area (Å²) in [6, 6.07) is 2.86. The number of Topliss-reactive ketones (excluding diaryl/α,β-unsaturated/α-hetero) is 2. The van der Waals surface area contributed by atoms with Crippen LogP contribution in [0.2, 0.25) is 0 Å². The average Bonchev–Trinajstić information content (AvgIpc) is 3.30. The van der Waals surface area contributed by atoms with Crippen molar-refractivity contribution in [1.82, 2.24) is 15.0 Å². The summed E-state index contributed by atoms with van der Waals surface area (Å²) in [6.45, 7) is 3.89. The molecule has 2 aromatic carbocycles. The molecule has 0 spiro atoms. The van der Waals surface area contributed by atoms with Crippen molar-refractivity contribution in [2.45, 2.75) is 37.8 Å². The van der Waals surface area contributed by atoms with E-state index in [9.17, 15) is 34.8 Å². The van der Waals surface area contributed by atoms with Crippen molar-refractivity contribution < 1.29 is 34.8 Å². The molecule has 2 aliphatic rings. The highest BCUT2D eigenvalue weighted by Gasteiger charge is 2.61. The second-order valence-corrected chi connectivity index (χ2v) is 9.41. The van der Waals surface area contributed by atoms with E-state index < -0.39 is 52.1 Å². The number of fused-ring (bicyclic) bond motifs is 3. The zero-order valence-corrected chi connectivity index (χ0v) is 19.3. The third-order valence-electron chi connectivity index (χ3n) is 7.04. The van der Waals surface area contributed by atoms with E-state index in [1.165, 1.54) is 16.8 Å². The molecule has 8 N–H and O–H groups in total. The van der Waals surface area contributed by atoms with Crippen molar-refractivity contribution in [2.75, 3.05) is 0 Å². The van der Waals surface area contributed by atoms with Crippen LogP contribution >= 0.6 is 0 Å². The fourth-order valence-corrected chi connectivity index (χ4v) is 5.10. The molecule has 5 rings (SSSR count). The van der Waals surface area contributed by atoms with Gasteiger partial charge in [-0.15, -0.1) is 5.10 Å². The molecule has 0 saturated heterocycles. The Morgan fingerprint density at radius 1 is 1.22 bits per heavy atom. The second-order valence-electron chi connectivity index (χ2n) is 9.41. The maximum Gasteiger partial charge on any atom is 0.255 e. The van der Waals surface area contributed by atoms with Gasteiger partial charge in [0.05, 0.1) is 34.6 Å². The summed E-state index contributed by atoms with van der Waals surface area (Å²) in [5.74, 6) is -6.99. The number of nitrogens with zero attached hydrogens (tertiary/aromatic N) is 3. The highest BCUT2D eigenvalue weighted by atomic mass is 16.3. The minimum Gasteiger partial charge on any atom is -0.508 e. The summed E-state index contributed by atoms with van der Waals surface area (Å²) >= 11 is 0. The van der Waals surface area contributed by atoms with Crippen LogP contribution in [-0.4, -0.2) is 64.5 Å². The van der Waals surface area contributed by atoms with Gasteiger partial charge in [-0.25, -0.2) is 4.68 Å². The number of nitrogens with two attached hydrogens (primary N) is 2. The van der Waals surface area contributed by atoms with Crippen LogP contribution in [-0.2, 0) is 16.0 Å². The number of aromatic hydroxyl groups is 2. The van der Waals surface area contributed by atoms with Crippen LogP contribution in [0.15, 0.2) is 35.7 Å². The molecule has 36 heavy (non-hydrogen) atoms. The SMILES string of the molecule is CC(C)c1cn(-c2ccc(O)c3c(O)c4c(cc23)C[C@H]2[C@@H](N)C(=O)C(C(N)=O)=C(O)[C@@]2(O)C4=O)nn1. The van der Waals surface area contributed by atoms with E-state index in [2.05, 4.69) is 10.3 Å². The first-order valence-corrected chi connectivity index (χ1v) is 11.1. The maximum absolute atomic E-state index is 13.6. The van der Waals surface area contributed by atoms with E-state index in [-0.39, 0.29) is 34.6 Å². The molecule has 1 aromatic heterocycles. The van der Waals surface area contributed by atoms with Gasteiger partial charge in [0.25, 0.3) is 5.91 Å². The predicted octanol–water partition coefficient (Wildman–Crippen LogP) is 0.249. The van der Waals surface area contributed by atoms with Crippen LogP contribution in [0.4, 0.5) is 0 Å². The number of carbonyl (C=O) groups is 3. The number of carbonyl (C=O) groups excluding carboxylic acids is 3. The third kappa shape index (κ3) is 2.91. The molecule has 3 aromatic rings. The van der Waals surface area contributed by atoms with Gasteiger partial charge in [-0.2, -0.15) is 0 Å². The lowest BCUT2D eigenvalue weighted by Gasteiger charge is -2.44. The number of aromatic nitrogens is 3. The first-order valence-electron chi connectivity index (χ1n) is 11.1. The van der Waals surface area contributed by atoms with Gasteiger partial charge < -0.3 is 31.9 Å². The normalized spacial score (nSPS) is 23.8. The van der Waals surface area contributed by atoms with Gasteiger partial charge in [-0.1, -0.05) is 19.1 Å². The van der Waals surface area contributed by atoms with E-state index in [1.54, 1.807) is 12.3 Å². The number of phenolic OH excluding ortho intramolecular Hbond substituents is 2. The lowest BCUT2D eigenvalue weighted by Crippen LogP contribution is -2.64. The second kappa shape index (κ2) is 7.60. The summed E-state index contributed by atoms with van der Waals surface area (Å²) in [5, 5.41) is 52.2. The van der Waals surface area contributed by atoms with Crippen LogP contribution in [0, 0.1) is 5.92 Å². The fraction of sp³-hybridized carbons (Fsp3) is 0.292. The van der Waals surface area contributed by atoms with Crippen molar-refractivity contribution in [1.29, 1.82) is 0 Å². The Bertz CT molecular complexity index is 1540. The zero-order chi connectivity index (χ0) is 26.3. The van der Waals surface area contributed by atoms with Crippen molar-refractivity contribution in [3.8, 4) is 17.2 Å². The van der Waals surface area contributed by atoms with Gasteiger partial charge in [0.2, 0.25) is 5.78 Å². The predicted molar refractivity (Wildman–Crippen MR) is 125 cm³/mol. The lowest BCUT2D eigenvalue weighted by molar-refractivity contribution is -0.127. The monoisotopic (exact) mass is 493 g/mol. The molecule has 1 heterocycles. The molecule has 0 saturated carbocycles. The Balaban J connectivity index is 1.78. The molecular weight excluding hydrogens is 470 g/mol. The maximum atomic E-state index is 13.6. The van der Waals surface area contributed by atoms with Crippen LogP contribution < -0.4 is 11.5 Å². The molecule has 1 amide bonds. The van der Waals surface area contributed by atoms with Gasteiger partial charge in [0.15, 0.2) is 11.4 Å². The smallest absolute Gasteiger partial charge is 0.255 e.